The van der Waals surface area contributed by atoms with E-state index in [2.05, 4.69) is 32.2 Å². The van der Waals surface area contributed by atoms with Gasteiger partial charge in [-0.3, -0.25) is 0 Å². The first-order valence-corrected chi connectivity index (χ1v) is 11.5. The van der Waals surface area contributed by atoms with Gasteiger partial charge in [0.25, 0.3) is 0 Å². The molecule has 0 heterocycles. The average Bonchev–Trinajstić information content (AvgIpc) is 3.37. The molecule has 0 saturated heterocycles. The lowest BCUT2D eigenvalue weighted by Crippen LogP contribution is -2.40. The quantitative estimate of drug-likeness (QED) is 0.385. The summed E-state index contributed by atoms with van der Waals surface area (Å²) in [7, 11) is 0. The number of allylic oxidation sites excluding steroid dienone is 8. The van der Waals surface area contributed by atoms with Crippen LogP contribution in [-0.4, -0.2) is 6.21 Å². The molecule has 148 valence electrons. The predicted molar refractivity (Wildman–Crippen MR) is 118 cm³/mol. The molecular weight excluding hydrogens is 338 g/mol. The van der Waals surface area contributed by atoms with Gasteiger partial charge in [0.05, 0.1) is 0 Å². The van der Waals surface area contributed by atoms with Gasteiger partial charge in [-0.05, 0) is 99.7 Å². The van der Waals surface area contributed by atoms with Gasteiger partial charge in [0, 0.05) is 5.41 Å². The Morgan fingerprint density at radius 1 is 1.21 bits per heavy atom. The molecule has 5 rings (SSSR count). The first kappa shape index (κ1) is 18.4. The van der Waals surface area contributed by atoms with Crippen LogP contribution in [0.15, 0.2) is 58.7 Å². The van der Waals surface area contributed by atoms with Gasteiger partial charge in [-0.2, -0.15) is 0 Å². The van der Waals surface area contributed by atoms with Crippen molar-refractivity contribution in [3.63, 3.8) is 0 Å². The van der Waals surface area contributed by atoms with Crippen molar-refractivity contribution in [1.29, 1.82) is 5.41 Å². The molecule has 0 aromatic carbocycles. The van der Waals surface area contributed by atoms with Crippen molar-refractivity contribution in [3.8, 4) is 0 Å². The summed E-state index contributed by atoms with van der Waals surface area (Å²) >= 11 is 0. The molecule has 0 radical (unpaired) electrons. The highest BCUT2D eigenvalue weighted by Gasteiger charge is 2.52. The van der Waals surface area contributed by atoms with Crippen LogP contribution in [0.5, 0.6) is 0 Å². The van der Waals surface area contributed by atoms with Crippen LogP contribution in [0, 0.1) is 34.5 Å². The second-order valence-corrected chi connectivity index (χ2v) is 10.2. The van der Waals surface area contributed by atoms with Gasteiger partial charge in [0.2, 0.25) is 0 Å². The second kappa shape index (κ2) is 6.71. The van der Waals surface area contributed by atoms with Crippen molar-refractivity contribution in [2.24, 2.45) is 29.1 Å². The third-order valence-corrected chi connectivity index (χ3v) is 8.89. The summed E-state index contributed by atoms with van der Waals surface area (Å²) in [6.07, 6.45) is 19.0. The van der Waals surface area contributed by atoms with E-state index in [4.69, 9.17) is 5.41 Å². The summed E-state index contributed by atoms with van der Waals surface area (Å²) in [5.41, 5.74) is 9.80. The summed E-state index contributed by atoms with van der Waals surface area (Å²) in [5, 5.41) is 7.28. The lowest BCUT2D eigenvalue weighted by molar-refractivity contribution is 0.183. The molecule has 5 aliphatic carbocycles. The Bertz CT molecular complexity index is 834. The topological polar surface area (TPSA) is 23.9 Å². The van der Waals surface area contributed by atoms with Gasteiger partial charge >= 0.3 is 0 Å². The summed E-state index contributed by atoms with van der Waals surface area (Å²) in [4.78, 5) is 0. The Morgan fingerprint density at radius 2 is 2.07 bits per heavy atom. The number of hydrogen-bond donors (Lipinski definition) is 1. The van der Waals surface area contributed by atoms with Gasteiger partial charge < -0.3 is 5.41 Å². The summed E-state index contributed by atoms with van der Waals surface area (Å²) in [6, 6.07) is 0. The van der Waals surface area contributed by atoms with Crippen molar-refractivity contribution in [2.45, 2.75) is 71.1 Å². The van der Waals surface area contributed by atoms with E-state index in [0.717, 1.165) is 36.5 Å². The molecule has 2 saturated carbocycles. The van der Waals surface area contributed by atoms with Gasteiger partial charge in [-0.25, -0.2) is 0 Å². The van der Waals surface area contributed by atoms with Crippen molar-refractivity contribution in [2.75, 3.05) is 0 Å². The molecule has 2 fully saturated rings. The van der Waals surface area contributed by atoms with E-state index in [0.29, 0.717) is 5.41 Å². The molecule has 5 unspecified atom stereocenters. The molecule has 0 spiro atoms. The van der Waals surface area contributed by atoms with E-state index in [1.165, 1.54) is 68.7 Å². The summed E-state index contributed by atoms with van der Waals surface area (Å²) in [6.45, 7) is 11.1. The van der Waals surface area contributed by atoms with Crippen LogP contribution in [0.25, 0.3) is 0 Å². The SMILES string of the molecule is C=C1C=C2CCC3C(=CCC4C(C5=C(C(=C)CCC=N)C5)CCC34)C2(C)CC1. The maximum absolute atomic E-state index is 7.28. The Hall–Kier alpha value is -1.63. The Labute approximate surface area is 170 Å². The lowest BCUT2D eigenvalue weighted by atomic mass is 9.54. The number of hydrogen-bond acceptors (Lipinski definition) is 1. The third kappa shape index (κ3) is 2.77. The predicted octanol–water partition coefficient (Wildman–Crippen LogP) is 7.34. The van der Waals surface area contributed by atoms with Gasteiger partial charge in [0.1, 0.15) is 0 Å². The Kier molecular flexibility index (Phi) is 4.41. The van der Waals surface area contributed by atoms with E-state index >= 15 is 0 Å². The fourth-order valence-corrected chi connectivity index (χ4v) is 7.31. The maximum Gasteiger partial charge on any atom is 0.0101 e. The zero-order valence-corrected chi connectivity index (χ0v) is 17.5. The van der Waals surface area contributed by atoms with Crippen molar-refractivity contribution < 1.29 is 0 Å². The number of rotatable bonds is 5. The maximum atomic E-state index is 7.28. The zero-order valence-electron chi connectivity index (χ0n) is 17.5. The molecule has 5 aliphatic rings. The molecular formula is C27H35N. The lowest BCUT2D eigenvalue weighted by Gasteiger charge is -2.51. The van der Waals surface area contributed by atoms with Gasteiger partial charge in [-0.15, -0.1) is 0 Å². The van der Waals surface area contributed by atoms with Crippen LogP contribution < -0.4 is 0 Å². The normalized spacial score (nSPS) is 38.8. The smallest absolute Gasteiger partial charge is 0.0101 e. The fourth-order valence-electron chi connectivity index (χ4n) is 7.31. The molecule has 28 heavy (non-hydrogen) atoms. The van der Waals surface area contributed by atoms with Gasteiger partial charge in [-0.1, -0.05) is 60.1 Å². The first-order valence-electron chi connectivity index (χ1n) is 11.5. The van der Waals surface area contributed by atoms with Crippen molar-refractivity contribution in [1.82, 2.24) is 0 Å². The van der Waals surface area contributed by atoms with Crippen molar-refractivity contribution in [3.05, 3.63) is 58.7 Å². The Morgan fingerprint density at radius 3 is 2.89 bits per heavy atom. The van der Waals surface area contributed by atoms with Crippen LogP contribution in [0.1, 0.15) is 71.1 Å². The van der Waals surface area contributed by atoms with Gasteiger partial charge in [0.15, 0.2) is 0 Å². The van der Waals surface area contributed by atoms with E-state index in [9.17, 15) is 0 Å². The average molecular weight is 374 g/mol. The highest BCUT2D eigenvalue weighted by atomic mass is 14.6. The van der Waals surface area contributed by atoms with Crippen LogP contribution in [0.4, 0.5) is 0 Å². The number of nitrogens with one attached hydrogen (secondary N) is 1. The summed E-state index contributed by atoms with van der Waals surface area (Å²) < 4.78 is 0. The fraction of sp³-hybridized carbons (Fsp3) is 0.593. The van der Waals surface area contributed by atoms with Crippen molar-refractivity contribution >= 4 is 6.21 Å². The van der Waals surface area contributed by atoms with E-state index in [1.807, 2.05) is 0 Å². The molecule has 0 amide bonds. The molecule has 0 aromatic heterocycles. The summed E-state index contributed by atoms with van der Waals surface area (Å²) in [5.74, 6) is 3.45. The largest absolute Gasteiger partial charge is 0.313 e. The van der Waals surface area contributed by atoms with Crippen LogP contribution in [0.3, 0.4) is 0 Å². The highest BCUT2D eigenvalue weighted by Crippen LogP contribution is 2.63. The highest BCUT2D eigenvalue weighted by molar-refractivity contribution is 5.56. The first-order chi connectivity index (χ1) is 13.5. The second-order valence-electron chi connectivity index (χ2n) is 10.2. The van der Waals surface area contributed by atoms with Crippen LogP contribution in [0.2, 0.25) is 0 Å². The molecule has 5 atom stereocenters. The minimum absolute atomic E-state index is 0.332. The minimum Gasteiger partial charge on any atom is -0.313 e. The van der Waals surface area contributed by atoms with E-state index < -0.39 is 0 Å². The third-order valence-electron chi connectivity index (χ3n) is 8.89. The molecule has 1 N–H and O–H groups in total. The Balaban J connectivity index is 1.37. The molecule has 0 aliphatic heterocycles. The molecule has 0 aromatic rings. The molecule has 0 bridgehead atoms. The van der Waals surface area contributed by atoms with E-state index in [-0.39, 0.29) is 0 Å². The minimum atomic E-state index is 0.332. The van der Waals surface area contributed by atoms with Crippen LogP contribution >= 0.6 is 0 Å². The zero-order chi connectivity index (χ0) is 19.5. The van der Waals surface area contributed by atoms with E-state index in [1.54, 1.807) is 22.3 Å². The standard InChI is InChI=1S/C27H35N/c1-17-12-13-27(3)19(15-17)6-7-23-21-8-9-22(20(21)10-11-26(23)27)25-16-24(25)18(2)5-4-14-28/h11,14-15,20-23,28H,1-2,4-10,12-13,16H2,3H3. The number of fused-ring (bicyclic) bond motifs is 5. The van der Waals surface area contributed by atoms with Crippen LogP contribution in [-0.2, 0) is 0 Å². The molecule has 1 nitrogen and oxygen atoms in total. The molecule has 1 heteroatoms. The monoisotopic (exact) mass is 373 g/mol.